The van der Waals surface area contributed by atoms with Crippen molar-refractivity contribution in [2.75, 3.05) is 27.1 Å². The lowest BCUT2D eigenvalue weighted by Gasteiger charge is -2.24. The van der Waals surface area contributed by atoms with E-state index in [0.29, 0.717) is 12.7 Å². The SMILES string of the molecule is C=C(C)C(CC/C(C)=C/CCC(C)(C#CC=O)OCOC)CC(=O)C(C)P(=O)(OCC)OCC. The average molecular weight is 499 g/mol. The van der Waals surface area contributed by atoms with Gasteiger partial charge in [-0.2, -0.15) is 0 Å². The molecule has 0 N–H and O–H groups in total. The number of hydrogen-bond donors (Lipinski definition) is 0. The summed E-state index contributed by atoms with van der Waals surface area (Å²) in [5, 5.41) is 0. The minimum Gasteiger partial charge on any atom is -0.359 e. The van der Waals surface area contributed by atoms with Gasteiger partial charge in [0.1, 0.15) is 23.8 Å². The van der Waals surface area contributed by atoms with Crippen LogP contribution in [0, 0.1) is 17.8 Å². The quantitative estimate of drug-likeness (QED) is 0.0766. The molecule has 0 amide bonds. The van der Waals surface area contributed by atoms with Crippen LogP contribution in [0.1, 0.15) is 73.6 Å². The monoisotopic (exact) mass is 498 g/mol. The van der Waals surface area contributed by atoms with Gasteiger partial charge in [-0.05, 0) is 79.1 Å². The topological polar surface area (TPSA) is 88.1 Å². The number of hydrogen-bond acceptors (Lipinski definition) is 7. The zero-order valence-corrected chi connectivity index (χ0v) is 22.9. The maximum Gasteiger partial charge on any atom is 0.340 e. The van der Waals surface area contributed by atoms with Crippen molar-refractivity contribution in [3.8, 4) is 11.8 Å². The van der Waals surface area contributed by atoms with Crippen LogP contribution >= 0.6 is 7.60 Å². The molecular formula is C26H43O7P. The number of carbonyl (C=O) groups excluding carboxylic acids is 2. The molecule has 3 unspecified atom stereocenters. The molecule has 0 heterocycles. The first-order valence-electron chi connectivity index (χ1n) is 11.8. The van der Waals surface area contributed by atoms with Crippen LogP contribution in [0.15, 0.2) is 23.8 Å². The van der Waals surface area contributed by atoms with E-state index in [-0.39, 0.29) is 38.1 Å². The van der Waals surface area contributed by atoms with Gasteiger partial charge in [0.15, 0.2) is 6.29 Å². The van der Waals surface area contributed by atoms with Crippen LogP contribution in [0.25, 0.3) is 0 Å². The van der Waals surface area contributed by atoms with E-state index in [9.17, 15) is 14.2 Å². The summed E-state index contributed by atoms with van der Waals surface area (Å²) in [7, 11) is -1.95. The number of Topliss-reactive ketones (excluding diaryl/α,β-unsaturated/α-hetero) is 1. The van der Waals surface area contributed by atoms with Gasteiger partial charge in [-0.15, -0.1) is 0 Å². The van der Waals surface area contributed by atoms with E-state index in [0.717, 1.165) is 24.8 Å². The Kier molecular flexibility index (Phi) is 16.2. The number of rotatable bonds is 18. The van der Waals surface area contributed by atoms with Gasteiger partial charge in [-0.1, -0.05) is 29.7 Å². The third kappa shape index (κ3) is 12.2. The molecule has 7 nitrogen and oxygen atoms in total. The van der Waals surface area contributed by atoms with Gasteiger partial charge in [0.05, 0.1) is 13.2 Å². The normalized spacial score (nSPS) is 15.6. The Morgan fingerprint density at radius 2 is 1.82 bits per heavy atom. The van der Waals surface area contributed by atoms with E-state index in [4.69, 9.17) is 18.5 Å². The molecule has 0 aromatic heterocycles. The highest BCUT2D eigenvalue weighted by molar-refractivity contribution is 7.55. The van der Waals surface area contributed by atoms with Crippen LogP contribution in [0.4, 0.5) is 0 Å². The highest BCUT2D eigenvalue weighted by atomic mass is 31.2. The molecule has 8 heteroatoms. The average Bonchev–Trinajstić information content (AvgIpc) is 2.78. The standard InChI is InChI=1S/C26H43O7P/c1-9-32-34(29,33-10-2)23(6)25(28)19-24(21(3)4)15-14-22(5)13-11-16-26(7,17-12-18-27)31-20-30-8/h13,18,23-24H,3,9-11,14-16,19-20H2,1-2,4-8H3/b22-13+. The van der Waals surface area contributed by atoms with Crippen molar-refractivity contribution in [1.82, 2.24) is 0 Å². The van der Waals surface area contributed by atoms with E-state index in [1.54, 1.807) is 20.8 Å². The Bertz CT molecular complexity index is 783. The van der Waals surface area contributed by atoms with Gasteiger partial charge in [-0.3, -0.25) is 14.2 Å². The van der Waals surface area contributed by atoms with E-state index >= 15 is 0 Å². The molecule has 0 radical (unpaired) electrons. The molecule has 3 atom stereocenters. The number of ether oxygens (including phenoxy) is 2. The molecule has 0 aliphatic carbocycles. The predicted molar refractivity (Wildman–Crippen MR) is 136 cm³/mol. The minimum atomic E-state index is -3.48. The minimum absolute atomic E-state index is 0.0243. The Labute approximate surface area is 206 Å². The van der Waals surface area contributed by atoms with Gasteiger partial charge < -0.3 is 18.5 Å². The van der Waals surface area contributed by atoms with E-state index in [2.05, 4.69) is 24.5 Å². The fraction of sp³-hybridized carbons (Fsp3) is 0.692. The molecule has 0 aliphatic heterocycles. The summed E-state index contributed by atoms with van der Waals surface area (Å²) in [6.45, 7) is 15.5. The second kappa shape index (κ2) is 17.0. The summed E-state index contributed by atoms with van der Waals surface area (Å²) < 4.78 is 34.3. The maximum absolute atomic E-state index is 13.0. The number of ketones is 1. The van der Waals surface area contributed by atoms with Crippen molar-refractivity contribution < 1.29 is 32.7 Å². The van der Waals surface area contributed by atoms with Crippen molar-refractivity contribution in [3.05, 3.63) is 23.8 Å². The van der Waals surface area contributed by atoms with Gasteiger partial charge >= 0.3 is 7.60 Å². The summed E-state index contributed by atoms with van der Waals surface area (Å²) in [5.74, 6) is 5.11. The van der Waals surface area contributed by atoms with E-state index in [1.807, 2.05) is 20.8 Å². The zero-order chi connectivity index (χ0) is 26.2. The molecule has 34 heavy (non-hydrogen) atoms. The Balaban J connectivity index is 5.04. The van der Waals surface area contributed by atoms with Crippen LogP contribution in [-0.4, -0.2) is 50.4 Å². The molecule has 0 bridgehead atoms. The molecule has 0 aromatic rings. The first-order chi connectivity index (χ1) is 16.0. The highest BCUT2D eigenvalue weighted by Crippen LogP contribution is 2.53. The Morgan fingerprint density at radius 1 is 1.21 bits per heavy atom. The molecule has 0 saturated heterocycles. The van der Waals surface area contributed by atoms with Crippen LogP contribution in [0.3, 0.4) is 0 Å². The fourth-order valence-corrected chi connectivity index (χ4v) is 5.07. The van der Waals surface area contributed by atoms with Gasteiger partial charge in [0, 0.05) is 13.5 Å². The highest BCUT2D eigenvalue weighted by Gasteiger charge is 2.37. The number of aldehydes is 1. The lowest BCUT2D eigenvalue weighted by molar-refractivity contribution is -0.119. The van der Waals surface area contributed by atoms with Crippen molar-refractivity contribution in [3.63, 3.8) is 0 Å². The Morgan fingerprint density at radius 3 is 2.32 bits per heavy atom. The second-order valence-corrected chi connectivity index (χ2v) is 10.9. The van der Waals surface area contributed by atoms with Gasteiger partial charge in [0.2, 0.25) is 0 Å². The van der Waals surface area contributed by atoms with Crippen LogP contribution < -0.4 is 0 Å². The van der Waals surface area contributed by atoms with Crippen molar-refractivity contribution in [2.45, 2.75) is 84.9 Å². The molecule has 0 rings (SSSR count). The summed E-state index contributed by atoms with van der Waals surface area (Å²) in [6, 6.07) is 0. The second-order valence-electron chi connectivity index (χ2n) is 8.56. The predicted octanol–water partition coefficient (Wildman–Crippen LogP) is 5.88. The summed E-state index contributed by atoms with van der Waals surface area (Å²) in [4.78, 5) is 23.5. The van der Waals surface area contributed by atoms with Crippen molar-refractivity contribution in [1.29, 1.82) is 0 Å². The van der Waals surface area contributed by atoms with Crippen LogP contribution in [0.5, 0.6) is 0 Å². The molecule has 0 aromatic carbocycles. The molecule has 0 fully saturated rings. The molecule has 194 valence electrons. The molecule has 0 aliphatic rings. The smallest absolute Gasteiger partial charge is 0.340 e. The first kappa shape index (κ1) is 32.5. The van der Waals surface area contributed by atoms with Gasteiger partial charge in [-0.25, -0.2) is 0 Å². The van der Waals surface area contributed by atoms with E-state index < -0.39 is 18.9 Å². The lowest BCUT2D eigenvalue weighted by atomic mass is 9.88. The number of allylic oxidation sites excluding steroid dienone is 3. The zero-order valence-electron chi connectivity index (χ0n) is 22.0. The van der Waals surface area contributed by atoms with Crippen molar-refractivity contribution >= 4 is 19.7 Å². The summed E-state index contributed by atoms with van der Waals surface area (Å²) in [5.41, 5.74) is 0.508. The van der Waals surface area contributed by atoms with E-state index in [1.165, 1.54) is 12.7 Å². The molecular weight excluding hydrogens is 455 g/mol. The third-order valence-corrected chi connectivity index (χ3v) is 8.07. The third-order valence-electron chi connectivity index (χ3n) is 5.60. The maximum atomic E-state index is 13.0. The van der Waals surface area contributed by atoms with Crippen LogP contribution in [0.2, 0.25) is 0 Å². The number of methoxy groups -OCH3 is 1. The largest absolute Gasteiger partial charge is 0.359 e. The Hall–Kier alpha value is -1.55. The molecule has 0 spiro atoms. The fourth-order valence-electron chi connectivity index (χ4n) is 3.37. The summed E-state index contributed by atoms with van der Waals surface area (Å²) in [6.07, 6.45) is 5.80. The van der Waals surface area contributed by atoms with Gasteiger partial charge in [0.25, 0.3) is 0 Å². The lowest BCUT2D eigenvalue weighted by Crippen LogP contribution is -2.27. The van der Waals surface area contributed by atoms with Crippen LogP contribution in [-0.2, 0) is 32.7 Å². The van der Waals surface area contributed by atoms with Crippen molar-refractivity contribution in [2.24, 2.45) is 5.92 Å². The summed E-state index contributed by atoms with van der Waals surface area (Å²) >= 11 is 0. The number of carbonyl (C=O) groups is 2. The first-order valence-corrected chi connectivity index (χ1v) is 13.4. The molecule has 0 saturated carbocycles.